The number of aliphatic hydroxyl groups is 1. The minimum absolute atomic E-state index is 0.0172. The number of hydrogen-bond donors (Lipinski definition) is 2. The Labute approximate surface area is 226 Å². The minimum Gasteiger partial charge on any atom is -0.395 e. The maximum Gasteiger partial charge on any atom is 0.264 e. The van der Waals surface area contributed by atoms with Gasteiger partial charge in [0, 0.05) is 6.54 Å². The second-order valence-electron chi connectivity index (χ2n) is 10.1. The highest BCUT2D eigenvalue weighted by molar-refractivity contribution is 7.92. The van der Waals surface area contributed by atoms with E-state index in [0.717, 1.165) is 11.1 Å². The standard InChI is InChI=1S/C28H35N3O5S2/c1-20(2)28(19-32)31(38(35,36)25-15-11-22(4)12-16-25)18-23-17-30(27-8-6-5-7-26(27)29-23)37(33,34)24-13-9-21(3)10-14-24/h5-16,20,23,28-29,32H,17-19H2,1-4H3/t23-,28+/m0/s1. The van der Waals surface area contributed by atoms with E-state index in [9.17, 15) is 21.9 Å². The maximum atomic E-state index is 13.9. The van der Waals surface area contributed by atoms with Crippen LogP contribution in [-0.4, -0.2) is 58.0 Å². The topological polar surface area (TPSA) is 107 Å². The van der Waals surface area contributed by atoms with Gasteiger partial charge in [0.1, 0.15) is 0 Å². The van der Waals surface area contributed by atoms with Crippen molar-refractivity contribution in [2.24, 2.45) is 5.92 Å². The number of benzene rings is 3. The maximum absolute atomic E-state index is 13.9. The predicted octanol–water partition coefficient (Wildman–Crippen LogP) is 4.00. The number of nitrogens with zero attached hydrogens (tertiary/aromatic N) is 2. The molecule has 0 fully saturated rings. The largest absolute Gasteiger partial charge is 0.395 e. The summed E-state index contributed by atoms with van der Waals surface area (Å²) in [7, 11) is -7.91. The fourth-order valence-corrected chi connectivity index (χ4v) is 7.98. The Bertz CT molecular complexity index is 1470. The van der Waals surface area contributed by atoms with Crippen molar-refractivity contribution in [3.63, 3.8) is 0 Å². The number of hydrogen-bond acceptors (Lipinski definition) is 6. The molecule has 3 aromatic rings. The van der Waals surface area contributed by atoms with E-state index in [1.807, 2.05) is 27.7 Å². The molecule has 10 heteroatoms. The molecule has 0 saturated heterocycles. The SMILES string of the molecule is Cc1ccc(S(=O)(=O)N2C[C@@H](CN([C@H](CO)C(C)C)S(=O)(=O)c3ccc(C)cc3)Nc3ccccc32)cc1. The summed E-state index contributed by atoms with van der Waals surface area (Å²) in [6.45, 7) is 7.11. The Morgan fingerprint density at radius 1 is 0.895 bits per heavy atom. The average Bonchev–Trinajstić information content (AvgIpc) is 2.88. The van der Waals surface area contributed by atoms with Crippen molar-refractivity contribution in [1.29, 1.82) is 0 Å². The normalized spacial score (nSPS) is 16.8. The van der Waals surface area contributed by atoms with Gasteiger partial charge in [-0.1, -0.05) is 61.4 Å². The van der Waals surface area contributed by atoms with Gasteiger partial charge in [-0.05, 0) is 56.2 Å². The number of aliphatic hydroxyl groups excluding tert-OH is 1. The summed E-state index contributed by atoms with van der Waals surface area (Å²) in [6.07, 6.45) is 0. The lowest BCUT2D eigenvalue weighted by molar-refractivity contribution is 0.149. The van der Waals surface area contributed by atoms with Crippen LogP contribution < -0.4 is 9.62 Å². The van der Waals surface area contributed by atoms with Crippen LogP contribution in [0.1, 0.15) is 25.0 Å². The van der Waals surface area contributed by atoms with E-state index in [1.165, 1.54) is 8.61 Å². The molecule has 0 amide bonds. The first-order valence-corrected chi connectivity index (χ1v) is 15.5. The van der Waals surface area contributed by atoms with E-state index in [4.69, 9.17) is 0 Å². The van der Waals surface area contributed by atoms with Crippen LogP contribution in [0.25, 0.3) is 0 Å². The zero-order valence-corrected chi connectivity index (χ0v) is 23.7. The monoisotopic (exact) mass is 557 g/mol. The van der Waals surface area contributed by atoms with E-state index in [0.29, 0.717) is 11.4 Å². The molecule has 0 aromatic heterocycles. The molecule has 1 aliphatic heterocycles. The molecule has 0 spiro atoms. The highest BCUT2D eigenvalue weighted by Gasteiger charge is 2.39. The Morgan fingerprint density at radius 3 is 2.00 bits per heavy atom. The van der Waals surface area contributed by atoms with Crippen LogP contribution in [0, 0.1) is 19.8 Å². The molecule has 0 saturated carbocycles. The van der Waals surface area contributed by atoms with Gasteiger partial charge in [-0.3, -0.25) is 4.31 Å². The van der Waals surface area contributed by atoms with Crippen molar-refractivity contribution < 1.29 is 21.9 Å². The molecule has 0 radical (unpaired) electrons. The second kappa shape index (κ2) is 11.1. The molecule has 0 bridgehead atoms. The summed E-state index contributed by atoms with van der Waals surface area (Å²) in [5.41, 5.74) is 2.97. The molecule has 4 rings (SSSR count). The summed E-state index contributed by atoms with van der Waals surface area (Å²) in [5.74, 6) is -0.177. The fraction of sp³-hybridized carbons (Fsp3) is 0.357. The first kappa shape index (κ1) is 28.1. The van der Waals surface area contributed by atoms with Gasteiger partial charge in [0.05, 0.1) is 46.4 Å². The summed E-state index contributed by atoms with van der Waals surface area (Å²) < 4.78 is 57.9. The van der Waals surface area contributed by atoms with Crippen LogP contribution in [0.5, 0.6) is 0 Å². The zero-order chi connectivity index (χ0) is 27.7. The van der Waals surface area contributed by atoms with Gasteiger partial charge in [0.2, 0.25) is 10.0 Å². The Hall–Kier alpha value is -2.92. The molecule has 8 nitrogen and oxygen atoms in total. The summed E-state index contributed by atoms with van der Waals surface area (Å²) in [5, 5.41) is 13.6. The van der Waals surface area contributed by atoms with Crippen molar-refractivity contribution in [2.75, 3.05) is 29.3 Å². The quantitative estimate of drug-likeness (QED) is 0.412. The van der Waals surface area contributed by atoms with E-state index in [-0.39, 0.29) is 35.4 Å². The molecule has 204 valence electrons. The van der Waals surface area contributed by atoms with Gasteiger partial charge in [-0.2, -0.15) is 4.31 Å². The highest BCUT2D eigenvalue weighted by atomic mass is 32.2. The number of rotatable bonds is 9. The number of anilines is 2. The molecule has 1 aliphatic rings. The van der Waals surface area contributed by atoms with Crippen molar-refractivity contribution in [1.82, 2.24) is 4.31 Å². The predicted molar refractivity (Wildman–Crippen MR) is 150 cm³/mol. The lowest BCUT2D eigenvalue weighted by Crippen LogP contribution is -2.54. The van der Waals surface area contributed by atoms with Crippen LogP contribution in [0.2, 0.25) is 0 Å². The van der Waals surface area contributed by atoms with Crippen LogP contribution >= 0.6 is 0 Å². The third-order valence-corrected chi connectivity index (χ3v) is 10.6. The number of sulfonamides is 2. The van der Waals surface area contributed by atoms with Gasteiger partial charge < -0.3 is 10.4 Å². The van der Waals surface area contributed by atoms with Gasteiger partial charge in [-0.25, -0.2) is 16.8 Å². The molecule has 38 heavy (non-hydrogen) atoms. The summed E-state index contributed by atoms with van der Waals surface area (Å²) in [4.78, 5) is 0.292. The summed E-state index contributed by atoms with van der Waals surface area (Å²) >= 11 is 0. The fourth-order valence-electron chi connectivity index (χ4n) is 4.65. The van der Waals surface area contributed by atoms with E-state index >= 15 is 0 Å². The van der Waals surface area contributed by atoms with Crippen LogP contribution in [0.3, 0.4) is 0 Å². The van der Waals surface area contributed by atoms with E-state index in [2.05, 4.69) is 5.32 Å². The number of nitrogens with one attached hydrogen (secondary N) is 1. The average molecular weight is 558 g/mol. The van der Waals surface area contributed by atoms with Crippen LogP contribution in [0.15, 0.2) is 82.6 Å². The Morgan fingerprint density at radius 2 is 1.45 bits per heavy atom. The molecule has 3 aromatic carbocycles. The smallest absolute Gasteiger partial charge is 0.264 e. The number of aryl methyl sites for hydroxylation is 2. The van der Waals surface area contributed by atoms with Crippen molar-refractivity contribution in [3.05, 3.63) is 83.9 Å². The van der Waals surface area contributed by atoms with Gasteiger partial charge in [0.25, 0.3) is 10.0 Å². The third kappa shape index (κ3) is 5.58. The second-order valence-corrected chi connectivity index (χ2v) is 13.8. The zero-order valence-electron chi connectivity index (χ0n) is 22.1. The summed E-state index contributed by atoms with van der Waals surface area (Å²) in [6, 6.07) is 19.1. The molecule has 2 atom stereocenters. The van der Waals surface area contributed by atoms with Crippen LogP contribution in [-0.2, 0) is 20.0 Å². The lowest BCUT2D eigenvalue weighted by Gasteiger charge is -2.40. The first-order chi connectivity index (χ1) is 17.9. The van der Waals surface area contributed by atoms with Gasteiger partial charge >= 0.3 is 0 Å². The minimum atomic E-state index is -4.00. The van der Waals surface area contributed by atoms with Crippen molar-refractivity contribution in [3.8, 4) is 0 Å². The Kier molecular flexibility index (Phi) is 8.17. The van der Waals surface area contributed by atoms with Crippen molar-refractivity contribution >= 4 is 31.4 Å². The number of para-hydroxylation sites is 2. The molecule has 0 unspecified atom stereocenters. The molecular weight excluding hydrogens is 522 g/mol. The van der Waals surface area contributed by atoms with E-state index < -0.39 is 32.1 Å². The van der Waals surface area contributed by atoms with E-state index in [1.54, 1.807) is 72.8 Å². The lowest BCUT2D eigenvalue weighted by atomic mass is 10.0. The van der Waals surface area contributed by atoms with Crippen LogP contribution in [0.4, 0.5) is 11.4 Å². The van der Waals surface area contributed by atoms with Gasteiger partial charge in [-0.15, -0.1) is 0 Å². The highest BCUT2D eigenvalue weighted by Crippen LogP contribution is 2.35. The third-order valence-electron chi connectivity index (χ3n) is 6.88. The molecule has 1 heterocycles. The Balaban J connectivity index is 1.74. The van der Waals surface area contributed by atoms with Crippen molar-refractivity contribution in [2.45, 2.75) is 49.6 Å². The number of fused-ring (bicyclic) bond motifs is 1. The molecular formula is C28H35N3O5S2. The molecule has 0 aliphatic carbocycles. The van der Waals surface area contributed by atoms with Gasteiger partial charge in [0.15, 0.2) is 0 Å². The molecule has 2 N–H and O–H groups in total. The first-order valence-electron chi connectivity index (χ1n) is 12.6.